The molecule has 0 bridgehead atoms. The van der Waals surface area contributed by atoms with E-state index in [1.165, 1.54) is 0 Å². The van der Waals surface area contributed by atoms with Crippen molar-refractivity contribution in [1.82, 2.24) is 10.2 Å². The lowest BCUT2D eigenvalue weighted by Gasteiger charge is -2.47. The molecule has 114 valence electrons. The van der Waals surface area contributed by atoms with E-state index in [0.29, 0.717) is 31.4 Å². The largest absolute Gasteiger partial charge is 0.383 e. The van der Waals surface area contributed by atoms with Gasteiger partial charge in [-0.2, -0.15) is 0 Å². The van der Waals surface area contributed by atoms with Crippen molar-refractivity contribution in [2.24, 2.45) is 11.8 Å². The molecule has 5 nitrogen and oxygen atoms in total. The number of carbonyl (C=O) groups excluding carboxylic acids is 2. The fraction of sp³-hybridized carbons (Fsp3) is 0.867. The lowest BCUT2D eigenvalue weighted by molar-refractivity contribution is -0.159. The van der Waals surface area contributed by atoms with Crippen molar-refractivity contribution in [1.29, 1.82) is 0 Å². The average molecular weight is 282 g/mol. The van der Waals surface area contributed by atoms with Crippen LogP contribution in [0.3, 0.4) is 0 Å². The average Bonchev–Trinajstić information content (AvgIpc) is 3.20. The van der Waals surface area contributed by atoms with E-state index in [9.17, 15) is 9.59 Å². The number of carbonyl (C=O) groups is 2. The summed E-state index contributed by atoms with van der Waals surface area (Å²) in [6.45, 7) is 6.99. The second-order valence-electron chi connectivity index (χ2n) is 6.56. The summed E-state index contributed by atoms with van der Waals surface area (Å²) in [4.78, 5) is 27.0. The second kappa shape index (κ2) is 5.72. The first-order valence-electron chi connectivity index (χ1n) is 7.52. The number of hydrogen-bond acceptors (Lipinski definition) is 3. The summed E-state index contributed by atoms with van der Waals surface area (Å²) >= 11 is 0. The van der Waals surface area contributed by atoms with Crippen molar-refractivity contribution in [3.05, 3.63) is 0 Å². The van der Waals surface area contributed by atoms with Crippen LogP contribution in [-0.2, 0) is 14.3 Å². The minimum absolute atomic E-state index is 0.00125. The Kier molecular flexibility index (Phi) is 4.37. The van der Waals surface area contributed by atoms with Crippen LogP contribution in [0.25, 0.3) is 0 Å². The van der Waals surface area contributed by atoms with E-state index in [1.54, 1.807) is 12.0 Å². The Balaban J connectivity index is 2.21. The van der Waals surface area contributed by atoms with Crippen molar-refractivity contribution in [3.63, 3.8) is 0 Å². The van der Waals surface area contributed by atoms with E-state index in [-0.39, 0.29) is 17.9 Å². The smallest absolute Gasteiger partial charge is 0.246 e. The predicted octanol–water partition coefficient (Wildman–Crippen LogP) is 1.17. The zero-order valence-electron chi connectivity index (χ0n) is 12.9. The molecule has 1 aliphatic carbocycles. The molecule has 1 aliphatic heterocycles. The molecule has 2 fully saturated rings. The maximum atomic E-state index is 12.7. The number of ether oxygens (including phenoxy) is 1. The highest BCUT2D eigenvalue weighted by atomic mass is 16.5. The summed E-state index contributed by atoms with van der Waals surface area (Å²) in [5, 5.41) is 2.94. The van der Waals surface area contributed by atoms with E-state index < -0.39 is 5.54 Å². The van der Waals surface area contributed by atoms with Crippen LogP contribution < -0.4 is 5.32 Å². The molecule has 0 spiro atoms. The predicted molar refractivity (Wildman–Crippen MR) is 76.1 cm³/mol. The highest BCUT2D eigenvalue weighted by Gasteiger charge is 2.56. The molecule has 1 saturated heterocycles. The highest BCUT2D eigenvalue weighted by molar-refractivity contribution is 6.00. The van der Waals surface area contributed by atoms with E-state index in [2.05, 4.69) is 19.2 Å². The van der Waals surface area contributed by atoms with Crippen molar-refractivity contribution in [2.75, 3.05) is 20.3 Å². The van der Waals surface area contributed by atoms with Crippen molar-refractivity contribution in [3.8, 4) is 0 Å². The Bertz CT molecular complexity index is 393. The molecule has 0 aromatic rings. The molecule has 0 aromatic carbocycles. The molecule has 2 unspecified atom stereocenters. The minimum Gasteiger partial charge on any atom is -0.383 e. The van der Waals surface area contributed by atoms with Gasteiger partial charge in [-0.25, -0.2) is 0 Å². The number of hydrogen-bond donors (Lipinski definition) is 1. The van der Waals surface area contributed by atoms with Gasteiger partial charge in [-0.3, -0.25) is 9.59 Å². The van der Waals surface area contributed by atoms with Crippen LogP contribution in [0.5, 0.6) is 0 Å². The first-order chi connectivity index (χ1) is 9.41. The van der Waals surface area contributed by atoms with Crippen molar-refractivity contribution in [2.45, 2.75) is 51.6 Å². The molecule has 0 radical (unpaired) electrons. The van der Waals surface area contributed by atoms with Gasteiger partial charge in [0.2, 0.25) is 11.8 Å². The van der Waals surface area contributed by atoms with Gasteiger partial charge in [0.15, 0.2) is 0 Å². The van der Waals surface area contributed by atoms with Gasteiger partial charge in [0.25, 0.3) is 0 Å². The second-order valence-corrected chi connectivity index (χ2v) is 6.56. The maximum absolute atomic E-state index is 12.7. The van der Waals surface area contributed by atoms with Gasteiger partial charge in [-0.15, -0.1) is 0 Å². The van der Waals surface area contributed by atoms with E-state index in [4.69, 9.17) is 4.74 Å². The molecule has 2 aliphatic rings. The molecule has 2 rings (SSSR count). The third kappa shape index (κ3) is 2.68. The highest BCUT2D eigenvalue weighted by Crippen LogP contribution is 2.44. The van der Waals surface area contributed by atoms with Gasteiger partial charge in [0.1, 0.15) is 11.6 Å². The summed E-state index contributed by atoms with van der Waals surface area (Å²) in [5.41, 5.74) is -0.691. The Morgan fingerprint density at radius 2 is 2.05 bits per heavy atom. The van der Waals surface area contributed by atoms with E-state index >= 15 is 0 Å². The normalized spacial score (nSPS) is 30.9. The molecule has 2 amide bonds. The van der Waals surface area contributed by atoms with Crippen LogP contribution in [0, 0.1) is 11.8 Å². The molecule has 2 atom stereocenters. The molecule has 1 saturated carbocycles. The Hall–Kier alpha value is -1.10. The lowest BCUT2D eigenvalue weighted by Crippen LogP contribution is -2.71. The van der Waals surface area contributed by atoms with E-state index in [1.807, 2.05) is 6.92 Å². The van der Waals surface area contributed by atoms with Gasteiger partial charge in [0, 0.05) is 13.7 Å². The Morgan fingerprint density at radius 1 is 1.40 bits per heavy atom. The number of amides is 2. The van der Waals surface area contributed by atoms with Crippen LogP contribution in [0.15, 0.2) is 0 Å². The summed E-state index contributed by atoms with van der Waals surface area (Å²) in [7, 11) is 1.62. The fourth-order valence-corrected chi connectivity index (χ4v) is 3.11. The fourth-order valence-electron chi connectivity index (χ4n) is 3.11. The van der Waals surface area contributed by atoms with Crippen LogP contribution in [0.4, 0.5) is 0 Å². The van der Waals surface area contributed by atoms with Crippen LogP contribution in [0.2, 0.25) is 0 Å². The Morgan fingerprint density at radius 3 is 2.55 bits per heavy atom. The quantitative estimate of drug-likeness (QED) is 0.795. The number of nitrogens with zero attached hydrogens (tertiary/aromatic N) is 1. The van der Waals surface area contributed by atoms with Crippen LogP contribution in [0.1, 0.15) is 40.0 Å². The summed E-state index contributed by atoms with van der Waals surface area (Å²) in [5.74, 6) is 0.716. The molecular weight excluding hydrogens is 256 g/mol. The topological polar surface area (TPSA) is 58.6 Å². The molecular formula is C15H26N2O3. The summed E-state index contributed by atoms with van der Waals surface area (Å²) < 4.78 is 5.11. The molecule has 20 heavy (non-hydrogen) atoms. The molecule has 1 heterocycles. The monoisotopic (exact) mass is 282 g/mol. The zero-order valence-corrected chi connectivity index (χ0v) is 12.9. The third-order valence-electron chi connectivity index (χ3n) is 4.49. The molecule has 0 aromatic heterocycles. The van der Waals surface area contributed by atoms with Crippen molar-refractivity contribution >= 4 is 11.8 Å². The number of rotatable bonds is 6. The molecule has 1 N–H and O–H groups in total. The standard InChI is InChI=1S/C15H26N2O3/c1-10(2)9-12-13(18)17(7-8-20-4)15(3,11-5-6-11)14(19)16-12/h10-12H,5-9H2,1-4H3,(H,16,19). The summed E-state index contributed by atoms with van der Waals surface area (Å²) in [6.07, 6.45) is 2.74. The van der Waals surface area contributed by atoms with Gasteiger partial charge < -0.3 is 15.0 Å². The SMILES string of the molecule is COCCN1C(=O)C(CC(C)C)NC(=O)C1(C)C1CC1. The van der Waals surface area contributed by atoms with Gasteiger partial charge >= 0.3 is 0 Å². The zero-order chi connectivity index (χ0) is 14.9. The number of methoxy groups -OCH3 is 1. The first kappa shape index (κ1) is 15.3. The minimum atomic E-state index is -0.691. The van der Waals surface area contributed by atoms with Crippen LogP contribution in [-0.4, -0.2) is 48.6 Å². The first-order valence-corrected chi connectivity index (χ1v) is 7.52. The maximum Gasteiger partial charge on any atom is 0.246 e. The number of nitrogens with one attached hydrogen (secondary N) is 1. The third-order valence-corrected chi connectivity index (χ3v) is 4.49. The molecule has 5 heteroatoms. The van der Waals surface area contributed by atoms with E-state index in [0.717, 1.165) is 12.8 Å². The number of piperazine rings is 1. The lowest BCUT2D eigenvalue weighted by atomic mass is 9.86. The Labute approximate surface area is 121 Å². The van der Waals surface area contributed by atoms with Gasteiger partial charge in [0.05, 0.1) is 6.61 Å². The summed E-state index contributed by atoms with van der Waals surface area (Å²) in [6, 6.07) is -0.383. The van der Waals surface area contributed by atoms with Crippen LogP contribution >= 0.6 is 0 Å². The van der Waals surface area contributed by atoms with Gasteiger partial charge in [-0.05, 0) is 38.0 Å². The van der Waals surface area contributed by atoms with Crippen molar-refractivity contribution < 1.29 is 14.3 Å². The van der Waals surface area contributed by atoms with Gasteiger partial charge in [-0.1, -0.05) is 13.8 Å².